The van der Waals surface area contributed by atoms with Gasteiger partial charge < -0.3 is 9.64 Å². The number of hydrogen-bond acceptors (Lipinski definition) is 6. The summed E-state index contributed by atoms with van der Waals surface area (Å²) in [6.07, 6.45) is 6.40. The van der Waals surface area contributed by atoms with Crippen molar-refractivity contribution >= 4 is 5.91 Å². The molecule has 1 saturated carbocycles. The van der Waals surface area contributed by atoms with E-state index in [9.17, 15) is 10.1 Å². The second kappa shape index (κ2) is 7.50. The summed E-state index contributed by atoms with van der Waals surface area (Å²) >= 11 is 0. The molecule has 2 heterocycles. The molecule has 8 nitrogen and oxygen atoms in total. The molecule has 136 valence electrons. The Morgan fingerprint density at radius 1 is 1.48 bits per heavy atom. The summed E-state index contributed by atoms with van der Waals surface area (Å²) in [6, 6.07) is 2.41. The number of carbonyl (C=O) groups is 1. The predicted octanol–water partition coefficient (Wildman–Crippen LogP) is 0.904. The molecule has 2 atom stereocenters. The molecule has 0 radical (unpaired) electrons. The van der Waals surface area contributed by atoms with Crippen molar-refractivity contribution in [3.8, 4) is 6.07 Å². The minimum absolute atomic E-state index is 0.000828. The van der Waals surface area contributed by atoms with Crippen LogP contribution >= 0.6 is 0 Å². The number of rotatable bonds is 5. The van der Waals surface area contributed by atoms with E-state index in [-0.39, 0.29) is 17.9 Å². The summed E-state index contributed by atoms with van der Waals surface area (Å²) in [7, 11) is 3.46. The second-order valence-electron chi connectivity index (χ2n) is 7.13. The number of carbonyl (C=O) groups excluding carboxylic acids is 1. The van der Waals surface area contributed by atoms with Crippen LogP contribution < -0.4 is 0 Å². The van der Waals surface area contributed by atoms with Gasteiger partial charge in [0.1, 0.15) is 5.54 Å². The molecule has 25 heavy (non-hydrogen) atoms. The zero-order chi connectivity index (χ0) is 17.9. The van der Waals surface area contributed by atoms with Gasteiger partial charge in [-0.15, -0.1) is 0 Å². The van der Waals surface area contributed by atoms with Gasteiger partial charge in [0, 0.05) is 33.2 Å². The molecule has 1 saturated heterocycles. The normalized spacial score (nSPS) is 26.3. The van der Waals surface area contributed by atoms with Gasteiger partial charge in [-0.1, -0.05) is 19.3 Å². The van der Waals surface area contributed by atoms with E-state index in [0.717, 1.165) is 37.8 Å². The van der Waals surface area contributed by atoms with E-state index in [1.807, 2.05) is 0 Å². The SMILES string of the molecule is CO[C@@H]1CN(CC(=O)N(C)C2(C#N)CCCCC2)C[C@H]1c1cn[nH]n1. The monoisotopic (exact) mass is 346 g/mol. The third-order valence-electron chi connectivity index (χ3n) is 5.72. The van der Waals surface area contributed by atoms with Crippen LogP contribution in [0, 0.1) is 11.3 Å². The van der Waals surface area contributed by atoms with Crippen LogP contribution in [0.5, 0.6) is 0 Å². The standard InChI is InChI=1S/C17H26N6O2/c1-22(17(12-18)6-4-3-5-7-17)16(24)11-23-9-13(15(10-23)25-2)14-8-19-21-20-14/h8,13,15H,3-7,9-11H2,1-2H3,(H,19,20,21)/t13-,15+/m0/s1. The van der Waals surface area contributed by atoms with Gasteiger partial charge in [0.05, 0.1) is 30.6 Å². The maximum absolute atomic E-state index is 12.8. The van der Waals surface area contributed by atoms with Gasteiger partial charge in [0.2, 0.25) is 5.91 Å². The van der Waals surface area contributed by atoms with E-state index in [1.54, 1.807) is 25.3 Å². The highest BCUT2D eigenvalue weighted by Gasteiger charge is 2.41. The Morgan fingerprint density at radius 3 is 2.84 bits per heavy atom. The van der Waals surface area contributed by atoms with Gasteiger partial charge >= 0.3 is 0 Å². The van der Waals surface area contributed by atoms with Crippen LogP contribution in [0.1, 0.15) is 43.7 Å². The predicted molar refractivity (Wildman–Crippen MR) is 90.6 cm³/mol. The summed E-state index contributed by atoms with van der Waals surface area (Å²) in [4.78, 5) is 16.6. The van der Waals surface area contributed by atoms with Crippen LogP contribution in [0.15, 0.2) is 6.20 Å². The third kappa shape index (κ3) is 3.53. The molecule has 1 aromatic rings. The number of likely N-dealkylation sites (N-methyl/N-ethyl adjacent to an activating group) is 1. The number of likely N-dealkylation sites (tertiary alicyclic amines) is 1. The smallest absolute Gasteiger partial charge is 0.237 e. The minimum Gasteiger partial charge on any atom is -0.379 e. The lowest BCUT2D eigenvalue weighted by molar-refractivity contribution is -0.135. The van der Waals surface area contributed by atoms with Gasteiger partial charge in [-0.2, -0.15) is 20.7 Å². The van der Waals surface area contributed by atoms with E-state index in [2.05, 4.69) is 26.4 Å². The summed E-state index contributed by atoms with van der Waals surface area (Å²) in [5.41, 5.74) is 0.220. The molecule has 0 spiro atoms. The van der Waals surface area contributed by atoms with Crippen molar-refractivity contribution in [2.24, 2.45) is 0 Å². The average molecular weight is 346 g/mol. The van der Waals surface area contributed by atoms with Crippen LogP contribution in [0.25, 0.3) is 0 Å². The highest BCUT2D eigenvalue weighted by atomic mass is 16.5. The largest absolute Gasteiger partial charge is 0.379 e. The minimum atomic E-state index is -0.638. The fourth-order valence-electron chi connectivity index (χ4n) is 4.09. The molecule has 0 unspecified atom stereocenters. The number of ether oxygens (including phenoxy) is 1. The number of H-pyrrole nitrogens is 1. The number of nitrogens with zero attached hydrogens (tertiary/aromatic N) is 5. The molecule has 1 aromatic heterocycles. The number of aromatic amines is 1. The molecule has 1 aliphatic carbocycles. The zero-order valence-corrected chi connectivity index (χ0v) is 14.9. The molecule has 2 fully saturated rings. The first kappa shape index (κ1) is 17.8. The number of methoxy groups -OCH3 is 1. The van der Waals surface area contributed by atoms with Gasteiger partial charge in [-0.3, -0.25) is 9.69 Å². The number of nitrogens with one attached hydrogen (secondary N) is 1. The lowest BCUT2D eigenvalue weighted by Crippen LogP contribution is -2.52. The Labute approximate surface area is 148 Å². The van der Waals surface area contributed by atoms with E-state index in [0.29, 0.717) is 19.6 Å². The van der Waals surface area contributed by atoms with Crippen molar-refractivity contribution in [2.45, 2.75) is 49.7 Å². The van der Waals surface area contributed by atoms with Crippen LogP contribution in [-0.2, 0) is 9.53 Å². The van der Waals surface area contributed by atoms with Gasteiger partial charge in [0.15, 0.2) is 0 Å². The lowest BCUT2D eigenvalue weighted by Gasteiger charge is -2.39. The number of nitriles is 1. The summed E-state index contributed by atoms with van der Waals surface area (Å²) in [6.45, 7) is 1.67. The maximum atomic E-state index is 12.8. The average Bonchev–Trinajstić information content (AvgIpc) is 3.30. The fourth-order valence-corrected chi connectivity index (χ4v) is 4.09. The number of aromatic nitrogens is 3. The van der Waals surface area contributed by atoms with Crippen LogP contribution in [0.4, 0.5) is 0 Å². The van der Waals surface area contributed by atoms with E-state index < -0.39 is 5.54 Å². The van der Waals surface area contributed by atoms with E-state index >= 15 is 0 Å². The van der Waals surface area contributed by atoms with Crippen molar-refractivity contribution in [3.63, 3.8) is 0 Å². The first-order chi connectivity index (χ1) is 12.1. The molecule has 1 N–H and O–H groups in total. The molecule has 0 bridgehead atoms. The highest BCUT2D eigenvalue weighted by molar-refractivity contribution is 5.79. The summed E-state index contributed by atoms with van der Waals surface area (Å²) < 4.78 is 5.58. The van der Waals surface area contributed by atoms with Gasteiger partial charge in [0.25, 0.3) is 0 Å². The highest BCUT2D eigenvalue weighted by Crippen LogP contribution is 2.33. The second-order valence-corrected chi connectivity index (χ2v) is 7.13. The molecular formula is C17H26N6O2. The number of hydrogen-bond donors (Lipinski definition) is 1. The number of amides is 1. The summed E-state index contributed by atoms with van der Waals surface area (Å²) in [5, 5.41) is 20.3. The first-order valence-electron chi connectivity index (χ1n) is 8.88. The van der Waals surface area contributed by atoms with Gasteiger partial charge in [-0.25, -0.2) is 0 Å². The van der Waals surface area contributed by atoms with Crippen LogP contribution in [0.2, 0.25) is 0 Å². The van der Waals surface area contributed by atoms with Crippen molar-refractivity contribution in [1.29, 1.82) is 5.26 Å². The Kier molecular flexibility index (Phi) is 5.35. The van der Waals surface area contributed by atoms with E-state index in [4.69, 9.17) is 4.74 Å². The van der Waals surface area contributed by atoms with E-state index in [1.165, 1.54) is 0 Å². The molecule has 1 aliphatic heterocycles. The molecule has 1 amide bonds. The van der Waals surface area contributed by atoms with Crippen LogP contribution in [-0.4, -0.2) is 76.6 Å². The Hall–Kier alpha value is -1.98. The van der Waals surface area contributed by atoms with Crippen molar-refractivity contribution < 1.29 is 9.53 Å². The quantitative estimate of drug-likeness (QED) is 0.851. The Balaban J connectivity index is 1.64. The molecule has 0 aromatic carbocycles. The molecule has 3 rings (SSSR count). The van der Waals surface area contributed by atoms with Crippen LogP contribution in [0.3, 0.4) is 0 Å². The fraction of sp³-hybridized carbons (Fsp3) is 0.765. The van der Waals surface area contributed by atoms with Crippen molar-refractivity contribution in [3.05, 3.63) is 11.9 Å². The molecular weight excluding hydrogens is 320 g/mol. The first-order valence-corrected chi connectivity index (χ1v) is 8.88. The summed E-state index contributed by atoms with van der Waals surface area (Å²) in [5.74, 6) is 0.0977. The third-order valence-corrected chi connectivity index (χ3v) is 5.72. The van der Waals surface area contributed by atoms with Crippen molar-refractivity contribution in [1.82, 2.24) is 25.2 Å². The van der Waals surface area contributed by atoms with Crippen molar-refractivity contribution in [2.75, 3.05) is 33.8 Å². The Bertz CT molecular complexity index is 620. The Morgan fingerprint density at radius 2 is 2.24 bits per heavy atom. The molecule has 2 aliphatic rings. The maximum Gasteiger partial charge on any atom is 0.237 e. The lowest BCUT2D eigenvalue weighted by atomic mass is 9.81. The zero-order valence-electron chi connectivity index (χ0n) is 14.9. The van der Waals surface area contributed by atoms with Gasteiger partial charge in [-0.05, 0) is 12.8 Å². The topological polar surface area (TPSA) is 98.1 Å². The molecule has 8 heteroatoms.